The molecule has 0 aromatic carbocycles. The Morgan fingerprint density at radius 2 is 2.18 bits per heavy atom. The van der Waals surface area contributed by atoms with Gasteiger partial charge in [0.05, 0.1) is 12.7 Å². The first-order valence-corrected chi connectivity index (χ1v) is 7.03. The fourth-order valence-corrected chi connectivity index (χ4v) is 2.57. The van der Waals surface area contributed by atoms with Crippen molar-refractivity contribution in [3.8, 4) is 0 Å². The molecule has 100 valence electrons. The first-order chi connectivity index (χ1) is 7.93. The Hall–Kier alpha value is -0.860. The van der Waals surface area contributed by atoms with Gasteiger partial charge >= 0.3 is 16.3 Å². The Bertz CT molecular complexity index is 356. The smallest absolute Gasteiger partial charge is 0.421 e. The van der Waals surface area contributed by atoms with E-state index in [1.54, 1.807) is 11.6 Å². The summed E-state index contributed by atoms with van der Waals surface area (Å²) in [4.78, 5) is 10.9. The van der Waals surface area contributed by atoms with Crippen LogP contribution in [0.15, 0.2) is 0 Å². The average molecular weight is 266 g/mol. The topological polar surface area (TPSA) is 105 Å². The summed E-state index contributed by atoms with van der Waals surface area (Å²) in [5.74, 6) is 0.115. The van der Waals surface area contributed by atoms with E-state index in [1.807, 2.05) is 0 Å². The van der Waals surface area contributed by atoms with E-state index in [0.717, 1.165) is 6.42 Å². The molecule has 2 unspecified atom stereocenters. The fourth-order valence-electron chi connectivity index (χ4n) is 1.77. The van der Waals surface area contributed by atoms with E-state index >= 15 is 0 Å². The van der Waals surface area contributed by atoms with Gasteiger partial charge in [-0.15, -0.1) is 0 Å². The van der Waals surface area contributed by atoms with Gasteiger partial charge in [-0.05, 0) is 32.1 Å². The van der Waals surface area contributed by atoms with Gasteiger partial charge in [0.15, 0.2) is 0 Å². The lowest BCUT2D eigenvalue weighted by atomic mass is 10.1. The van der Waals surface area contributed by atoms with Gasteiger partial charge in [-0.25, -0.2) is 9.52 Å². The van der Waals surface area contributed by atoms with Crippen molar-refractivity contribution in [3.63, 3.8) is 0 Å². The van der Waals surface area contributed by atoms with Crippen molar-refractivity contribution in [1.82, 2.24) is 9.44 Å². The highest BCUT2D eigenvalue weighted by Gasteiger charge is 2.24. The molecule has 17 heavy (non-hydrogen) atoms. The molecule has 7 nitrogen and oxygen atoms in total. The van der Waals surface area contributed by atoms with Gasteiger partial charge < -0.3 is 9.84 Å². The lowest BCUT2D eigenvalue weighted by molar-refractivity contribution is 0.158. The Balaban J connectivity index is 2.32. The first kappa shape index (κ1) is 14.2. The van der Waals surface area contributed by atoms with E-state index in [9.17, 15) is 18.3 Å². The minimum atomic E-state index is -3.86. The highest BCUT2D eigenvalue weighted by molar-refractivity contribution is 7.88. The van der Waals surface area contributed by atoms with E-state index < -0.39 is 16.3 Å². The monoisotopic (exact) mass is 266 g/mol. The zero-order chi connectivity index (χ0) is 12.9. The van der Waals surface area contributed by atoms with Gasteiger partial charge in [0.25, 0.3) is 0 Å². The minimum Gasteiger partial charge on any atom is -0.449 e. The van der Waals surface area contributed by atoms with Crippen LogP contribution in [0.2, 0.25) is 0 Å². The second-order valence-electron chi connectivity index (χ2n) is 4.01. The molecule has 0 saturated heterocycles. The third-order valence-electron chi connectivity index (χ3n) is 2.57. The van der Waals surface area contributed by atoms with Crippen LogP contribution in [0.3, 0.4) is 0 Å². The summed E-state index contributed by atoms with van der Waals surface area (Å²) in [6, 6.07) is 0. The summed E-state index contributed by atoms with van der Waals surface area (Å²) in [6.07, 6.45) is 0.719. The van der Waals surface area contributed by atoms with Crippen LogP contribution in [0.25, 0.3) is 0 Å². The molecule has 1 fully saturated rings. The van der Waals surface area contributed by atoms with Crippen molar-refractivity contribution in [2.45, 2.75) is 32.3 Å². The second kappa shape index (κ2) is 6.18. The predicted molar refractivity (Wildman–Crippen MR) is 60.4 cm³/mol. The van der Waals surface area contributed by atoms with E-state index in [2.05, 4.69) is 9.46 Å². The van der Waals surface area contributed by atoms with E-state index in [0.29, 0.717) is 12.8 Å². The number of carbonyl (C=O) groups is 1. The summed E-state index contributed by atoms with van der Waals surface area (Å²) in [6.45, 7) is 1.90. The van der Waals surface area contributed by atoms with Crippen molar-refractivity contribution in [2.24, 2.45) is 5.92 Å². The van der Waals surface area contributed by atoms with Crippen LogP contribution in [0.5, 0.6) is 0 Å². The number of amides is 1. The van der Waals surface area contributed by atoms with Crippen molar-refractivity contribution in [2.75, 3.05) is 13.2 Å². The minimum absolute atomic E-state index is 0.107. The normalized spacial score (nSPS) is 24.6. The quantitative estimate of drug-likeness (QED) is 0.635. The van der Waals surface area contributed by atoms with Crippen molar-refractivity contribution >= 4 is 16.3 Å². The maximum absolute atomic E-state index is 11.4. The third-order valence-corrected chi connectivity index (χ3v) is 3.55. The molecule has 0 radical (unpaired) electrons. The van der Waals surface area contributed by atoms with Crippen LogP contribution in [-0.2, 0) is 14.9 Å². The van der Waals surface area contributed by atoms with Crippen LogP contribution in [-0.4, -0.2) is 38.9 Å². The SMILES string of the molecule is CCOC(=O)NS(=O)(=O)NCC1CCC(O)C1. The number of aliphatic hydroxyl groups is 1. The lowest BCUT2D eigenvalue weighted by Gasteiger charge is -2.11. The number of hydrogen-bond acceptors (Lipinski definition) is 5. The molecular formula is C9H18N2O5S. The predicted octanol–water partition coefficient (Wildman–Crippen LogP) is -0.272. The van der Waals surface area contributed by atoms with Crippen LogP contribution in [0, 0.1) is 5.92 Å². The van der Waals surface area contributed by atoms with E-state index in [-0.39, 0.29) is 25.2 Å². The first-order valence-electron chi connectivity index (χ1n) is 5.55. The van der Waals surface area contributed by atoms with Gasteiger partial charge in [0.1, 0.15) is 0 Å². The number of hydrogen-bond donors (Lipinski definition) is 3. The fraction of sp³-hybridized carbons (Fsp3) is 0.889. The van der Waals surface area contributed by atoms with Gasteiger partial charge in [0.2, 0.25) is 0 Å². The van der Waals surface area contributed by atoms with Gasteiger partial charge in [-0.1, -0.05) is 0 Å². The molecule has 1 amide bonds. The Morgan fingerprint density at radius 1 is 1.47 bits per heavy atom. The number of nitrogens with one attached hydrogen (secondary N) is 2. The molecule has 0 aliphatic heterocycles. The van der Waals surface area contributed by atoms with Crippen LogP contribution < -0.4 is 9.44 Å². The molecule has 0 aromatic heterocycles. The van der Waals surface area contributed by atoms with Crippen molar-refractivity contribution in [1.29, 1.82) is 0 Å². The number of rotatable bonds is 5. The molecule has 0 heterocycles. The standard InChI is InChI=1S/C9H18N2O5S/c1-2-16-9(13)11-17(14,15)10-6-7-3-4-8(12)5-7/h7-8,10,12H,2-6H2,1H3,(H,11,13). The maximum atomic E-state index is 11.4. The Kier molecular flexibility index (Phi) is 5.16. The lowest BCUT2D eigenvalue weighted by Crippen LogP contribution is -2.42. The zero-order valence-electron chi connectivity index (χ0n) is 9.68. The molecule has 1 rings (SSSR count). The van der Waals surface area contributed by atoms with Crippen LogP contribution in [0.1, 0.15) is 26.2 Å². The molecule has 1 aliphatic rings. The molecule has 0 bridgehead atoms. The highest BCUT2D eigenvalue weighted by Crippen LogP contribution is 2.24. The van der Waals surface area contributed by atoms with Crippen molar-refractivity contribution < 1.29 is 23.1 Å². The molecular weight excluding hydrogens is 248 g/mol. The van der Waals surface area contributed by atoms with Crippen LogP contribution in [0.4, 0.5) is 4.79 Å². The summed E-state index contributed by atoms with van der Waals surface area (Å²) < 4.78 is 31.2. The second-order valence-corrected chi connectivity index (χ2v) is 5.51. The molecule has 0 spiro atoms. The molecule has 1 saturated carbocycles. The van der Waals surface area contributed by atoms with Gasteiger partial charge in [0, 0.05) is 6.54 Å². The average Bonchev–Trinajstić information content (AvgIpc) is 2.61. The molecule has 0 aromatic rings. The van der Waals surface area contributed by atoms with E-state index in [4.69, 9.17) is 0 Å². The molecule has 1 aliphatic carbocycles. The molecule has 3 N–H and O–H groups in total. The number of ether oxygens (including phenoxy) is 1. The Labute approximate surface area is 101 Å². The summed E-state index contributed by atoms with van der Waals surface area (Å²) >= 11 is 0. The molecule has 2 atom stereocenters. The largest absolute Gasteiger partial charge is 0.449 e. The highest BCUT2D eigenvalue weighted by atomic mass is 32.2. The maximum Gasteiger partial charge on any atom is 0.421 e. The van der Waals surface area contributed by atoms with Crippen LogP contribution >= 0.6 is 0 Å². The summed E-state index contributed by atoms with van der Waals surface area (Å²) in [7, 11) is -3.86. The summed E-state index contributed by atoms with van der Waals surface area (Å²) in [5, 5.41) is 9.28. The van der Waals surface area contributed by atoms with Gasteiger partial charge in [-0.3, -0.25) is 0 Å². The number of aliphatic hydroxyl groups excluding tert-OH is 1. The van der Waals surface area contributed by atoms with E-state index in [1.165, 1.54) is 0 Å². The number of carbonyl (C=O) groups excluding carboxylic acids is 1. The Morgan fingerprint density at radius 3 is 2.71 bits per heavy atom. The third kappa shape index (κ3) is 5.33. The zero-order valence-corrected chi connectivity index (χ0v) is 10.5. The van der Waals surface area contributed by atoms with Gasteiger partial charge in [-0.2, -0.15) is 13.1 Å². The molecule has 8 heteroatoms. The van der Waals surface area contributed by atoms with Crippen molar-refractivity contribution in [3.05, 3.63) is 0 Å². The summed E-state index contributed by atoms with van der Waals surface area (Å²) in [5.41, 5.74) is 0.